The lowest BCUT2D eigenvalue weighted by atomic mass is 9.49. The maximum Gasteiger partial charge on any atom is 0.192 e. The second-order valence-corrected chi connectivity index (χ2v) is 20.9. The lowest BCUT2D eigenvalue weighted by Crippen LogP contribution is -2.57. The average molecular weight is 533 g/mol. The third-order valence-electron chi connectivity index (χ3n) is 10.6. The molecule has 0 aromatic rings. The summed E-state index contributed by atoms with van der Waals surface area (Å²) in [6.45, 7) is 22.8. The van der Waals surface area contributed by atoms with E-state index in [4.69, 9.17) is 4.43 Å². The second-order valence-electron chi connectivity index (χ2n) is 14.8. The van der Waals surface area contributed by atoms with E-state index < -0.39 is 13.9 Å². The molecule has 0 heterocycles. The van der Waals surface area contributed by atoms with Crippen molar-refractivity contribution in [3.05, 3.63) is 34.9 Å². The van der Waals surface area contributed by atoms with Crippen LogP contribution in [0.3, 0.4) is 0 Å². The molecule has 0 saturated heterocycles. The SMILES string of the molecule is CC(SCC(C)(C)O)C1=CC[C@H]2C3=CC=C4CC(O)CC(O[Si](C)(C)C(C)(C)C)[C@]4(C)[C@H]3CC[C@]12C. The molecule has 3 unspecified atom stereocenters. The summed E-state index contributed by atoms with van der Waals surface area (Å²) in [6.07, 6.45) is 12.1. The molecular formula is C31H52O3SSi. The number of rotatable bonds is 6. The Hall–Kier alpha value is -0.333. The van der Waals surface area contributed by atoms with Crippen LogP contribution in [-0.2, 0) is 4.43 Å². The van der Waals surface area contributed by atoms with Crippen molar-refractivity contribution in [3.63, 3.8) is 0 Å². The van der Waals surface area contributed by atoms with Crippen molar-refractivity contribution in [3.8, 4) is 0 Å². The van der Waals surface area contributed by atoms with Crippen LogP contribution in [0.4, 0.5) is 0 Å². The molecule has 0 spiro atoms. The van der Waals surface area contributed by atoms with Gasteiger partial charge in [0.05, 0.1) is 17.8 Å². The Morgan fingerprint density at radius 3 is 2.42 bits per heavy atom. The molecule has 4 rings (SSSR count). The Morgan fingerprint density at radius 1 is 1.14 bits per heavy atom. The third kappa shape index (κ3) is 4.90. The van der Waals surface area contributed by atoms with Crippen LogP contribution in [-0.4, -0.2) is 47.3 Å². The van der Waals surface area contributed by atoms with Crippen LogP contribution in [0.15, 0.2) is 34.9 Å². The van der Waals surface area contributed by atoms with Crippen molar-refractivity contribution in [2.24, 2.45) is 22.7 Å². The molecular weight excluding hydrogens is 480 g/mol. The van der Waals surface area contributed by atoms with Crippen LogP contribution in [0.2, 0.25) is 18.1 Å². The van der Waals surface area contributed by atoms with E-state index in [-0.39, 0.29) is 28.1 Å². The van der Waals surface area contributed by atoms with E-state index in [1.54, 1.807) is 11.1 Å². The minimum Gasteiger partial charge on any atom is -0.413 e. The largest absolute Gasteiger partial charge is 0.413 e. The number of hydrogen-bond acceptors (Lipinski definition) is 4. The van der Waals surface area contributed by atoms with Gasteiger partial charge in [-0.2, -0.15) is 11.8 Å². The summed E-state index contributed by atoms with van der Waals surface area (Å²) in [7, 11) is -1.98. The standard InChI is InChI=1S/C31H52O3SSi/c1-20(35-19-29(5,6)33)24-13-14-25-23-12-11-21-17-22(32)18-27(34-36(9,10)28(2,3)4)31(21,8)26(23)15-16-30(24,25)7/h11-13,20,22,25-27,32-33H,14-19H2,1-10H3/t20?,22?,25-,26-,27?,30+,31-/m0/s1. The maximum absolute atomic E-state index is 10.9. The normalized spacial score (nSPS) is 37.8. The molecule has 0 amide bonds. The summed E-state index contributed by atoms with van der Waals surface area (Å²) in [6, 6.07) is 0. The molecule has 4 aliphatic carbocycles. The predicted octanol–water partition coefficient (Wildman–Crippen LogP) is 7.66. The summed E-state index contributed by atoms with van der Waals surface area (Å²) in [4.78, 5) is 0. The Labute approximate surface area is 226 Å². The van der Waals surface area contributed by atoms with Gasteiger partial charge in [0, 0.05) is 16.4 Å². The quantitative estimate of drug-likeness (QED) is 0.272. The second kappa shape index (κ2) is 9.40. The highest BCUT2D eigenvalue weighted by Crippen LogP contribution is 2.65. The molecule has 0 aromatic carbocycles. The van der Waals surface area contributed by atoms with Gasteiger partial charge in [0.15, 0.2) is 8.32 Å². The minimum absolute atomic E-state index is 0.0375. The first kappa shape index (κ1) is 28.7. The van der Waals surface area contributed by atoms with E-state index >= 15 is 0 Å². The van der Waals surface area contributed by atoms with Crippen molar-refractivity contribution >= 4 is 20.1 Å². The summed E-state index contributed by atoms with van der Waals surface area (Å²) >= 11 is 1.90. The monoisotopic (exact) mass is 532 g/mol. The predicted molar refractivity (Wildman–Crippen MR) is 157 cm³/mol. The molecule has 5 heteroatoms. The molecule has 2 N–H and O–H groups in total. The van der Waals surface area contributed by atoms with Gasteiger partial charge < -0.3 is 14.6 Å². The van der Waals surface area contributed by atoms with Crippen LogP contribution in [0.5, 0.6) is 0 Å². The summed E-state index contributed by atoms with van der Waals surface area (Å²) < 4.78 is 7.17. The van der Waals surface area contributed by atoms with E-state index in [9.17, 15) is 10.2 Å². The molecule has 2 fully saturated rings. The number of allylic oxidation sites excluding steroid dienone is 4. The van der Waals surface area contributed by atoms with Gasteiger partial charge in [-0.1, -0.05) is 69.6 Å². The lowest BCUT2D eigenvalue weighted by molar-refractivity contribution is -0.0417. The highest BCUT2D eigenvalue weighted by Gasteiger charge is 2.58. The molecule has 4 aliphatic rings. The van der Waals surface area contributed by atoms with Gasteiger partial charge in [0.25, 0.3) is 0 Å². The van der Waals surface area contributed by atoms with E-state index in [1.165, 1.54) is 18.4 Å². The van der Waals surface area contributed by atoms with Gasteiger partial charge in [-0.05, 0) is 88.3 Å². The highest BCUT2D eigenvalue weighted by molar-refractivity contribution is 8.00. The van der Waals surface area contributed by atoms with E-state index in [0.29, 0.717) is 17.1 Å². The van der Waals surface area contributed by atoms with Gasteiger partial charge in [-0.15, -0.1) is 0 Å². The van der Waals surface area contributed by atoms with Gasteiger partial charge in [0.2, 0.25) is 0 Å². The smallest absolute Gasteiger partial charge is 0.192 e. The van der Waals surface area contributed by atoms with Crippen molar-refractivity contribution in [2.45, 2.75) is 129 Å². The first-order valence-corrected chi connectivity index (χ1v) is 18.2. The zero-order chi connectivity index (χ0) is 26.9. The number of fused-ring (bicyclic) bond motifs is 5. The maximum atomic E-state index is 10.9. The van der Waals surface area contributed by atoms with Crippen molar-refractivity contribution in [1.82, 2.24) is 0 Å². The summed E-state index contributed by atoms with van der Waals surface area (Å²) in [5.74, 6) is 1.80. The first-order valence-electron chi connectivity index (χ1n) is 14.2. The van der Waals surface area contributed by atoms with Crippen LogP contribution in [0, 0.1) is 22.7 Å². The van der Waals surface area contributed by atoms with Crippen LogP contribution < -0.4 is 0 Å². The molecule has 2 saturated carbocycles. The van der Waals surface area contributed by atoms with Crippen LogP contribution in [0.1, 0.15) is 87.5 Å². The van der Waals surface area contributed by atoms with Gasteiger partial charge in [0.1, 0.15) is 0 Å². The lowest BCUT2D eigenvalue weighted by Gasteiger charge is -2.58. The fourth-order valence-corrected chi connectivity index (χ4v) is 10.0. The number of hydrogen-bond donors (Lipinski definition) is 2. The molecule has 0 bridgehead atoms. The zero-order valence-electron chi connectivity index (χ0n) is 24.6. The van der Waals surface area contributed by atoms with Crippen LogP contribution in [0.25, 0.3) is 0 Å². The van der Waals surface area contributed by atoms with Gasteiger partial charge in [-0.3, -0.25) is 0 Å². The van der Waals surface area contributed by atoms with Gasteiger partial charge >= 0.3 is 0 Å². The molecule has 7 atom stereocenters. The minimum atomic E-state index is -1.98. The van der Waals surface area contributed by atoms with Gasteiger partial charge in [-0.25, -0.2) is 0 Å². The fourth-order valence-electron chi connectivity index (χ4n) is 7.39. The molecule has 0 radical (unpaired) electrons. The average Bonchev–Trinajstić information content (AvgIpc) is 3.09. The molecule has 0 aliphatic heterocycles. The van der Waals surface area contributed by atoms with Crippen LogP contribution >= 0.6 is 11.8 Å². The van der Waals surface area contributed by atoms with Crippen molar-refractivity contribution in [1.29, 1.82) is 0 Å². The van der Waals surface area contributed by atoms with Crippen molar-refractivity contribution < 1.29 is 14.6 Å². The Balaban J connectivity index is 1.63. The van der Waals surface area contributed by atoms with E-state index in [1.807, 2.05) is 25.6 Å². The van der Waals surface area contributed by atoms with E-state index in [2.05, 4.69) is 72.9 Å². The van der Waals surface area contributed by atoms with Crippen molar-refractivity contribution in [2.75, 3.05) is 5.75 Å². The molecule has 3 nitrogen and oxygen atoms in total. The summed E-state index contributed by atoms with van der Waals surface area (Å²) in [5.41, 5.74) is 4.14. The zero-order valence-corrected chi connectivity index (χ0v) is 26.4. The fraction of sp³-hybridized carbons (Fsp3) is 0.806. The molecule has 0 aromatic heterocycles. The number of aliphatic hydroxyl groups is 2. The highest BCUT2D eigenvalue weighted by atomic mass is 32.2. The first-order chi connectivity index (χ1) is 16.4. The van der Waals surface area contributed by atoms with E-state index in [0.717, 1.165) is 25.0 Å². The third-order valence-corrected chi connectivity index (χ3v) is 16.7. The Morgan fingerprint density at radius 2 is 1.81 bits per heavy atom. The molecule has 36 heavy (non-hydrogen) atoms. The number of aliphatic hydroxyl groups excluding tert-OH is 1. The Kier molecular flexibility index (Phi) is 7.48. The molecule has 204 valence electrons. The number of thioether (sulfide) groups is 1. The summed E-state index contributed by atoms with van der Waals surface area (Å²) in [5, 5.41) is 21.7. The Bertz CT molecular complexity index is 952. The topological polar surface area (TPSA) is 49.7 Å².